The molecule has 1 radical (unpaired) electrons. The van der Waals surface area contributed by atoms with Crippen LogP contribution in [-0.4, -0.2) is 13.3 Å². The van der Waals surface area contributed by atoms with Gasteiger partial charge in [-0.05, 0) is 12.8 Å². The van der Waals surface area contributed by atoms with Crippen molar-refractivity contribution < 1.29 is 9.50 Å². The smallest absolute Gasteiger partial charge is 0.0894 e. The van der Waals surface area contributed by atoms with Gasteiger partial charge in [0.15, 0.2) is 0 Å². The maximum atomic E-state index is 11.7. The number of hydrogen-bond acceptors (Lipinski definition) is 0. The minimum atomic E-state index is -0.153. The van der Waals surface area contributed by atoms with Crippen molar-refractivity contribution in [1.29, 1.82) is 0 Å². The molecule has 1 nitrogen and oxygen atoms in total. The molecule has 0 bridgehead atoms. The van der Waals surface area contributed by atoms with Gasteiger partial charge in [-0.25, -0.2) is 5.11 Å². The monoisotopic (exact) mass is 217 g/mol. The largest absolute Gasteiger partial charge is 0.251 e. The maximum Gasteiger partial charge on any atom is 0.0894 e. The predicted octanol–water partition coefficient (Wildman–Crippen LogP) is 4.68. The van der Waals surface area contributed by atoms with E-state index >= 15 is 0 Å². The molecule has 0 aromatic carbocycles. The van der Waals surface area contributed by atoms with E-state index in [1.807, 2.05) is 0 Å². The molecule has 0 saturated carbocycles. The summed E-state index contributed by atoms with van der Waals surface area (Å²) in [6.07, 6.45) is 12.6. The van der Waals surface area contributed by atoms with Crippen LogP contribution in [-0.2, 0) is 5.11 Å². The number of rotatable bonds is 12. The van der Waals surface area contributed by atoms with Gasteiger partial charge in [0.25, 0.3) is 0 Å². The molecule has 0 rings (SSSR count). The summed E-state index contributed by atoms with van der Waals surface area (Å²) in [6, 6.07) is 0. The molecule has 0 N–H and O–H groups in total. The van der Waals surface area contributed by atoms with Crippen molar-refractivity contribution in [2.24, 2.45) is 0 Å². The highest BCUT2D eigenvalue weighted by Crippen LogP contribution is 2.11. The lowest BCUT2D eigenvalue weighted by atomic mass is 10.1. The Balaban J connectivity index is 2.81. The molecular formula is C13H26FO. The molecule has 0 atom stereocenters. The summed E-state index contributed by atoms with van der Waals surface area (Å²) >= 11 is 0. The lowest BCUT2D eigenvalue weighted by Crippen LogP contribution is -1.84. The highest BCUT2D eigenvalue weighted by atomic mass is 19.1. The summed E-state index contributed by atoms with van der Waals surface area (Å²) in [4.78, 5) is 0. The van der Waals surface area contributed by atoms with Gasteiger partial charge in [0.2, 0.25) is 0 Å². The molecule has 15 heavy (non-hydrogen) atoms. The first-order valence-corrected chi connectivity index (χ1v) is 6.56. The third kappa shape index (κ3) is 13.9. The molecule has 0 aliphatic carbocycles. The minimum Gasteiger partial charge on any atom is -0.251 e. The first-order valence-electron chi connectivity index (χ1n) is 6.56. The number of alkyl halides is 1. The molecule has 0 unspecified atom stereocenters. The average molecular weight is 217 g/mol. The Morgan fingerprint density at radius 1 is 0.533 bits per heavy atom. The third-order valence-corrected chi connectivity index (χ3v) is 2.78. The zero-order valence-electron chi connectivity index (χ0n) is 9.98. The van der Waals surface area contributed by atoms with Gasteiger partial charge in [-0.2, -0.15) is 0 Å². The van der Waals surface area contributed by atoms with E-state index < -0.39 is 0 Å². The van der Waals surface area contributed by atoms with Crippen LogP contribution in [0, 0.1) is 0 Å². The fraction of sp³-hybridized carbons (Fsp3) is 1.00. The Morgan fingerprint density at radius 3 is 1.20 bits per heavy atom. The Labute approximate surface area is 94.1 Å². The van der Waals surface area contributed by atoms with Crippen molar-refractivity contribution in [3.63, 3.8) is 0 Å². The average Bonchev–Trinajstić information content (AvgIpc) is 2.26. The summed E-state index contributed by atoms with van der Waals surface area (Å²) in [5, 5.41) is 10.2. The summed E-state index contributed by atoms with van der Waals surface area (Å²) in [7, 11) is 0. The SMILES string of the molecule is [O]CCCCCCCCCCCCCF. The number of hydrogen-bond donors (Lipinski definition) is 0. The van der Waals surface area contributed by atoms with Gasteiger partial charge in [-0.15, -0.1) is 0 Å². The van der Waals surface area contributed by atoms with Crippen LogP contribution in [0.3, 0.4) is 0 Å². The molecule has 91 valence electrons. The van der Waals surface area contributed by atoms with Gasteiger partial charge in [0.05, 0.1) is 13.3 Å². The maximum absolute atomic E-state index is 11.7. The van der Waals surface area contributed by atoms with E-state index in [-0.39, 0.29) is 13.3 Å². The van der Waals surface area contributed by atoms with Gasteiger partial charge >= 0.3 is 0 Å². The van der Waals surface area contributed by atoms with Crippen molar-refractivity contribution in [2.45, 2.75) is 70.6 Å². The lowest BCUT2D eigenvalue weighted by molar-refractivity contribution is 0.186. The molecule has 0 saturated heterocycles. The van der Waals surface area contributed by atoms with Gasteiger partial charge in [0, 0.05) is 0 Å². The predicted molar refractivity (Wildman–Crippen MR) is 62.3 cm³/mol. The highest BCUT2D eigenvalue weighted by Gasteiger charge is 1.93. The van der Waals surface area contributed by atoms with Gasteiger partial charge < -0.3 is 0 Å². The number of unbranched alkanes of at least 4 members (excludes halogenated alkanes) is 10. The second-order valence-corrected chi connectivity index (χ2v) is 4.28. The van der Waals surface area contributed by atoms with Crippen LogP contribution in [0.2, 0.25) is 0 Å². The van der Waals surface area contributed by atoms with Crippen LogP contribution < -0.4 is 0 Å². The normalized spacial score (nSPS) is 10.8. The second-order valence-electron chi connectivity index (χ2n) is 4.28. The minimum absolute atomic E-state index is 0.0918. The van der Waals surface area contributed by atoms with E-state index in [2.05, 4.69) is 0 Å². The Hall–Kier alpha value is -0.110. The topological polar surface area (TPSA) is 19.9 Å². The molecule has 0 aromatic rings. The van der Waals surface area contributed by atoms with Crippen LogP contribution in [0.5, 0.6) is 0 Å². The summed E-state index contributed by atoms with van der Waals surface area (Å²) < 4.78 is 11.7. The van der Waals surface area contributed by atoms with Crippen LogP contribution in [0.4, 0.5) is 4.39 Å². The Bertz CT molecular complexity index is 94.7. The van der Waals surface area contributed by atoms with E-state index in [1.165, 1.54) is 44.9 Å². The Kier molecular flexibility index (Phi) is 13.8. The fourth-order valence-electron chi connectivity index (χ4n) is 1.79. The van der Waals surface area contributed by atoms with Gasteiger partial charge in [0.1, 0.15) is 0 Å². The summed E-state index contributed by atoms with van der Waals surface area (Å²) in [5.41, 5.74) is 0. The number of halogens is 1. The van der Waals surface area contributed by atoms with Gasteiger partial charge in [-0.3, -0.25) is 4.39 Å². The quantitative estimate of drug-likeness (QED) is 0.423. The molecule has 0 spiro atoms. The van der Waals surface area contributed by atoms with E-state index in [0.717, 1.165) is 25.7 Å². The van der Waals surface area contributed by atoms with Crippen LogP contribution in [0.1, 0.15) is 70.6 Å². The molecule has 0 aliphatic rings. The molecule has 0 amide bonds. The van der Waals surface area contributed by atoms with E-state index in [0.29, 0.717) is 0 Å². The molecule has 0 fully saturated rings. The first kappa shape index (κ1) is 14.9. The van der Waals surface area contributed by atoms with Crippen LogP contribution in [0.15, 0.2) is 0 Å². The molecule has 2 heteroatoms. The molecule has 0 aliphatic heterocycles. The zero-order valence-corrected chi connectivity index (χ0v) is 9.98. The van der Waals surface area contributed by atoms with E-state index in [1.54, 1.807) is 0 Å². The van der Waals surface area contributed by atoms with E-state index in [4.69, 9.17) is 0 Å². The highest BCUT2D eigenvalue weighted by molar-refractivity contribution is 4.48. The van der Waals surface area contributed by atoms with Crippen LogP contribution >= 0.6 is 0 Å². The second kappa shape index (κ2) is 13.9. The summed E-state index contributed by atoms with van der Waals surface area (Å²) in [5.74, 6) is 0. The lowest BCUT2D eigenvalue weighted by Gasteiger charge is -2.01. The van der Waals surface area contributed by atoms with Crippen molar-refractivity contribution in [1.82, 2.24) is 0 Å². The standard InChI is InChI=1S/C13H26FO/c14-12-10-8-6-4-2-1-3-5-7-9-11-13-15/h1-13H2. The zero-order chi connectivity index (χ0) is 11.2. The Morgan fingerprint density at radius 2 is 0.867 bits per heavy atom. The van der Waals surface area contributed by atoms with Crippen molar-refractivity contribution in [3.05, 3.63) is 0 Å². The molecule has 0 heterocycles. The van der Waals surface area contributed by atoms with Crippen molar-refractivity contribution in [3.8, 4) is 0 Å². The first-order chi connectivity index (χ1) is 7.41. The molecule has 0 aromatic heterocycles. The van der Waals surface area contributed by atoms with Crippen molar-refractivity contribution in [2.75, 3.05) is 13.3 Å². The molecular weight excluding hydrogens is 191 g/mol. The fourth-order valence-corrected chi connectivity index (χ4v) is 1.79. The van der Waals surface area contributed by atoms with Crippen LogP contribution in [0.25, 0.3) is 0 Å². The van der Waals surface area contributed by atoms with Gasteiger partial charge in [-0.1, -0.05) is 57.8 Å². The van der Waals surface area contributed by atoms with Crippen molar-refractivity contribution >= 4 is 0 Å². The van der Waals surface area contributed by atoms with E-state index in [9.17, 15) is 9.50 Å². The third-order valence-electron chi connectivity index (χ3n) is 2.78. The summed E-state index contributed by atoms with van der Waals surface area (Å²) in [6.45, 7) is -0.0612.